The molecule has 0 saturated carbocycles. The number of likely N-dealkylation sites (N-methyl/N-ethyl adjacent to an activating group) is 1. The molecule has 3 atom stereocenters. The number of carbonyl (C=O) groups excluding carboxylic acids is 1. The van der Waals surface area contributed by atoms with E-state index in [0.717, 1.165) is 38.5 Å². The Labute approximate surface area is 234 Å². The second kappa shape index (κ2) is 23.2. The van der Waals surface area contributed by atoms with Crippen molar-refractivity contribution in [3.05, 3.63) is 0 Å². The van der Waals surface area contributed by atoms with Crippen LogP contribution >= 0.6 is 7.82 Å². The molecule has 0 aromatic heterocycles. The predicted octanol–water partition coefficient (Wildman–Crippen LogP) is 6.73. The van der Waals surface area contributed by atoms with Crippen LogP contribution < -0.4 is 5.32 Å². The van der Waals surface area contributed by atoms with E-state index in [1.54, 1.807) is 0 Å². The van der Waals surface area contributed by atoms with Crippen LogP contribution in [-0.2, 0) is 18.4 Å². The highest BCUT2D eigenvalue weighted by Crippen LogP contribution is 2.43. The Morgan fingerprint density at radius 3 is 1.76 bits per heavy atom. The van der Waals surface area contributed by atoms with Gasteiger partial charge >= 0.3 is 7.82 Å². The topological polar surface area (TPSA) is 105 Å². The second-order valence-electron chi connectivity index (χ2n) is 11.8. The van der Waals surface area contributed by atoms with E-state index in [2.05, 4.69) is 19.2 Å². The van der Waals surface area contributed by atoms with Crippen LogP contribution in [0.3, 0.4) is 0 Å². The van der Waals surface area contributed by atoms with Crippen LogP contribution in [0, 0.1) is 0 Å². The van der Waals surface area contributed by atoms with Gasteiger partial charge in [-0.3, -0.25) is 13.8 Å². The number of unbranched alkanes of at least 4 members (excludes halogenated alkanes) is 14. The van der Waals surface area contributed by atoms with E-state index in [9.17, 15) is 19.4 Å². The fourth-order valence-corrected chi connectivity index (χ4v) is 5.01. The van der Waals surface area contributed by atoms with Gasteiger partial charge in [-0.05, 0) is 12.8 Å². The van der Waals surface area contributed by atoms with Crippen LogP contribution in [0.1, 0.15) is 129 Å². The Morgan fingerprint density at radius 1 is 0.789 bits per heavy atom. The quantitative estimate of drug-likeness (QED) is 0.0579. The van der Waals surface area contributed by atoms with Gasteiger partial charge in [0.05, 0.1) is 39.9 Å². The minimum absolute atomic E-state index is 0.0769. The zero-order valence-electron chi connectivity index (χ0n) is 25.4. The van der Waals surface area contributed by atoms with E-state index in [-0.39, 0.29) is 19.1 Å². The van der Waals surface area contributed by atoms with E-state index in [4.69, 9.17) is 9.05 Å². The number of nitrogens with one attached hydrogen (secondary N) is 1. The number of carbonyl (C=O) groups is 1. The first-order valence-corrected chi connectivity index (χ1v) is 16.9. The van der Waals surface area contributed by atoms with Gasteiger partial charge < -0.3 is 19.8 Å². The van der Waals surface area contributed by atoms with Crippen LogP contribution in [-0.4, -0.2) is 73.4 Å². The van der Waals surface area contributed by atoms with Gasteiger partial charge in [-0.2, -0.15) is 0 Å². The standard InChI is InChI=1S/C29H61N2O6P/c1-6-8-10-12-14-15-17-18-20-22-28(32)27(26-37-38(34,35)36-25-24-31(3,4)5)30-29(33)23-21-19-16-13-11-9-7-2/h27-28,32H,6-26H2,1-5H3,(H-,30,33,34,35)/p+1/t27-,28+/m0/s1. The van der Waals surface area contributed by atoms with Gasteiger partial charge in [0.2, 0.25) is 5.91 Å². The number of amides is 1. The molecule has 0 aliphatic rings. The predicted molar refractivity (Wildman–Crippen MR) is 157 cm³/mol. The van der Waals surface area contributed by atoms with Crippen LogP contribution in [0.15, 0.2) is 0 Å². The van der Waals surface area contributed by atoms with Crippen molar-refractivity contribution < 1.29 is 32.9 Å². The van der Waals surface area contributed by atoms with Crippen LogP contribution in [0.2, 0.25) is 0 Å². The summed E-state index contributed by atoms with van der Waals surface area (Å²) in [6.45, 7) is 4.78. The summed E-state index contributed by atoms with van der Waals surface area (Å²) in [5.74, 6) is -0.156. The lowest BCUT2D eigenvalue weighted by Gasteiger charge is -2.26. The summed E-state index contributed by atoms with van der Waals surface area (Å²) in [7, 11) is 1.61. The van der Waals surface area contributed by atoms with Gasteiger partial charge in [0.25, 0.3) is 0 Å². The lowest BCUT2D eigenvalue weighted by molar-refractivity contribution is -0.870. The first-order chi connectivity index (χ1) is 18.0. The number of nitrogens with zero attached hydrogens (tertiary/aromatic N) is 1. The van der Waals surface area contributed by atoms with Gasteiger partial charge in [-0.15, -0.1) is 0 Å². The van der Waals surface area contributed by atoms with Crippen LogP contribution in [0.4, 0.5) is 0 Å². The van der Waals surface area contributed by atoms with Crippen molar-refractivity contribution in [1.29, 1.82) is 0 Å². The number of aliphatic hydroxyl groups is 1. The maximum atomic E-state index is 12.6. The molecule has 0 aromatic rings. The molecule has 38 heavy (non-hydrogen) atoms. The summed E-state index contributed by atoms with van der Waals surface area (Å²) in [6.07, 6.45) is 18.5. The normalized spacial score (nSPS) is 15.2. The molecule has 0 heterocycles. The zero-order chi connectivity index (χ0) is 28.7. The largest absolute Gasteiger partial charge is 0.472 e. The Morgan fingerprint density at radius 2 is 1.26 bits per heavy atom. The zero-order valence-corrected chi connectivity index (χ0v) is 26.3. The highest BCUT2D eigenvalue weighted by atomic mass is 31.2. The Kier molecular flexibility index (Phi) is 22.9. The van der Waals surface area contributed by atoms with Crippen molar-refractivity contribution in [2.24, 2.45) is 0 Å². The molecule has 9 heteroatoms. The van der Waals surface area contributed by atoms with Gasteiger partial charge in [-0.25, -0.2) is 4.57 Å². The molecule has 3 N–H and O–H groups in total. The van der Waals surface area contributed by atoms with Crippen molar-refractivity contribution in [1.82, 2.24) is 5.32 Å². The Hall–Kier alpha value is -0.500. The van der Waals surface area contributed by atoms with Gasteiger partial charge in [0.15, 0.2) is 0 Å². The van der Waals surface area contributed by atoms with E-state index in [0.29, 0.717) is 23.9 Å². The summed E-state index contributed by atoms with van der Waals surface area (Å²) in [6, 6.07) is -0.747. The molecule has 0 aromatic carbocycles. The van der Waals surface area contributed by atoms with E-state index < -0.39 is 20.0 Å². The molecule has 0 fully saturated rings. The molecule has 0 rings (SSSR count). The lowest BCUT2D eigenvalue weighted by Crippen LogP contribution is -2.46. The third-order valence-corrected chi connectivity index (χ3v) is 7.84. The van der Waals surface area contributed by atoms with Gasteiger partial charge in [0, 0.05) is 6.42 Å². The van der Waals surface area contributed by atoms with E-state index in [1.165, 1.54) is 64.2 Å². The maximum absolute atomic E-state index is 12.6. The monoisotopic (exact) mass is 565 g/mol. The smallest absolute Gasteiger partial charge is 0.391 e. The second-order valence-corrected chi connectivity index (χ2v) is 13.3. The lowest BCUT2D eigenvalue weighted by atomic mass is 10.0. The molecule has 0 spiro atoms. The van der Waals surface area contributed by atoms with Crippen LogP contribution in [0.25, 0.3) is 0 Å². The third-order valence-electron chi connectivity index (χ3n) is 6.86. The molecular formula is C29H62N2O6P+. The highest BCUT2D eigenvalue weighted by Gasteiger charge is 2.28. The molecule has 1 amide bonds. The van der Waals surface area contributed by atoms with E-state index >= 15 is 0 Å². The van der Waals surface area contributed by atoms with Crippen molar-refractivity contribution >= 4 is 13.7 Å². The number of aliphatic hydroxyl groups excluding tert-OH is 1. The fraction of sp³-hybridized carbons (Fsp3) is 0.966. The van der Waals surface area contributed by atoms with Gasteiger partial charge in [-0.1, -0.05) is 110 Å². The number of phosphoric acid groups is 1. The average molecular weight is 566 g/mol. The molecule has 0 aliphatic carbocycles. The first kappa shape index (κ1) is 37.5. The number of hydrogen-bond donors (Lipinski definition) is 3. The third kappa shape index (κ3) is 24.5. The molecule has 0 bridgehead atoms. The molecule has 0 aliphatic heterocycles. The van der Waals surface area contributed by atoms with Gasteiger partial charge in [0.1, 0.15) is 13.2 Å². The van der Waals surface area contributed by atoms with Crippen molar-refractivity contribution in [3.8, 4) is 0 Å². The molecule has 228 valence electrons. The van der Waals surface area contributed by atoms with Crippen molar-refractivity contribution in [3.63, 3.8) is 0 Å². The average Bonchev–Trinajstić information content (AvgIpc) is 2.84. The molecule has 8 nitrogen and oxygen atoms in total. The first-order valence-electron chi connectivity index (χ1n) is 15.4. The minimum atomic E-state index is -4.28. The number of quaternary nitrogens is 1. The fourth-order valence-electron chi connectivity index (χ4n) is 4.28. The molecule has 0 radical (unpaired) electrons. The van der Waals surface area contributed by atoms with Crippen molar-refractivity contribution in [2.45, 2.75) is 142 Å². The number of hydrogen-bond acceptors (Lipinski definition) is 5. The van der Waals surface area contributed by atoms with E-state index in [1.807, 2.05) is 21.1 Å². The summed E-state index contributed by atoms with van der Waals surface area (Å²) in [5, 5.41) is 13.7. The molecule has 0 saturated heterocycles. The summed E-state index contributed by atoms with van der Waals surface area (Å²) < 4.78 is 23.3. The van der Waals surface area contributed by atoms with Crippen LogP contribution in [0.5, 0.6) is 0 Å². The maximum Gasteiger partial charge on any atom is 0.472 e. The summed E-state index contributed by atoms with van der Waals surface area (Å²) in [4.78, 5) is 22.7. The summed E-state index contributed by atoms with van der Waals surface area (Å²) in [5.41, 5.74) is 0. The Bertz CT molecular complexity index is 614. The molecular weight excluding hydrogens is 503 g/mol. The minimum Gasteiger partial charge on any atom is -0.391 e. The molecule has 1 unspecified atom stereocenters. The highest BCUT2D eigenvalue weighted by molar-refractivity contribution is 7.47. The Balaban J connectivity index is 4.60. The number of phosphoric ester groups is 1. The summed E-state index contributed by atoms with van der Waals surface area (Å²) >= 11 is 0. The van der Waals surface area contributed by atoms with Crippen molar-refractivity contribution in [2.75, 3.05) is 40.9 Å². The SMILES string of the molecule is CCCCCCCCCCC[C@@H](O)[C@H](COP(=O)(O)OCC[N+](C)(C)C)NC(=O)CCCCCCCCC. The number of rotatable bonds is 27.